The first-order valence-electron chi connectivity index (χ1n) is 12.9. The van der Waals surface area contributed by atoms with Crippen molar-refractivity contribution < 1.29 is 28.5 Å². The van der Waals surface area contributed by atoms with E-state index >= 15 is 0 Å². The molecule has 8 nitrogen and oxygen atoms in total. The van der Waals surface area contributed by atoms with Gasteiger partial charge < -0.3 is 25.4 Å². The molecule has 0 aliphatic carbocycles. The Balaban J connectivity index is 1.45. The maximum atomic E-state index is 11.5. The van der Waals surface area contributed by atoms with Crippen LogP contribution in [0.2, 0.25) is 0 Å². The van der Waals surface area contributed by atoms with Crippen molar-refractivity contribution in [2.75, 3.05) is 33.4 Å². The molecule has 0 aliphatic rings. The van der Waals surface area contributed by atoms with Gasteiger partial charge >= 0.3 is 0 Å². The number of aliphatic hydroxyl groups is 2. The van der Waals surface area contributed by atoms with Crippen molar-refractivity contribution in [2.45, 2.75) is 57.7 Å². The highest BCUT2D eigenvalue weighted by molar-refractivity contribution is 7.92. The predicted molar refractivity (Wildman–Crippen MR) is 148 cm³/mol. The van der Waals surface area contributed by atoms with E-state index in [1.165, 1.54) is 24.1 Å². The molecule has 0 radical (unpaired) electrons. The van der Waals surface area contributed by atoms with Gasteiger partial charge in [0.05, 0.1) is 12.7 Å². The van der Waals surface area contributed by atoms with Crippen LogP contribution in [0.15, 0.2) is 47.9 Å². The average Bonchev–Trinajstić information content (AvgIpc) is 2.90. The van der Waals surface area contributed by atoms with Crippen molar-refractivity contribution in [1.82, 2.24) is 10.0 Å². The summed E-state index contributed by atoms with van der Waals surface area (Å²) in [6, 6.07) is 12.7. The first-order valence-corrected chi connectivity index (χ1v) is 14.5. The van der Waals surface area contributed by atoms with Crippen LogP contribution in [0.4, 0.5) is 0 Å². The number of rotatable bonds is 19. The zero-order valence-corrected chi connectivity index (χ0v) is 22.5. The van der Waals surface area contributed by atoms with Gasteiger partial charge in [0.2, 0.25) is 10.0 Å². The molecule has 9 heteroatoms. The van der Waals surface area contributed by atoms with E-state index in [1.807, 2.05) is 18.2 Å². The standard InChI is InChI=1S/C28H42N2O6S/c1-29-37(34,35)18-14-24-11-8-10-23(19-24)9-4-7-17-36-16-6-3-2-5-15-30-21-28(33)25-12-13-27(32)26(20-25)22-31/h8,10-14,18-20,28-33H,2-7,9,15-17,21-22H2,1H3/t28-/m0/s1. The lowest BCUT2D eigenvalue weighted by Crippen LogP contribution is -2.22. The number of ether oxygens (including phenoxy) is 1. The van der Waals surface area contributed by atoms with Crippen molar-refractivity contribution in [3.8, 4) is 5.75 Å². The number of unbranched alkanes of at least 4 members (excludes halogenated alkanes) is 4. The van der Waals surface area contributed by atoms with Crippen LogP contribution in [0.25, 0.3) is 6.08 Å². The number of hydrogen-bond donors (Lipinski definition) is 5. The Labute approximate surface area is 221 Å². The molecular weight excluding hydrogens is 492 g/mol. The monoisotopic (exact) mass is 534 g/mol. The van der Waals surface area contributed by atoms with Crippen molar-refractivity contribution in [1.29, 1.82) is 0 Å². The third kappa shape index (κ3) is 12.7. The van der Waals surface area contributed by atoms with Crippen LogP contribution >= 0.6 is 0 Å². The Kier molecular flexibility index (Phi) is 14.5. The molecule has 1 atom stereocenters. The summed E-state index contributed by atoms with van der Waals surface area (Å²) in [7, 11) is -1.97. The topological polar surface area (TPSA) is 128 Å². The Morgan fingerprint density at radius 3 is 2.51 bits per heavy atom. The number of hydrogen-bond acceptors (Lipinski definition) is 7. The third-order valence-electron chi connectivity index (χ3n) is 6.07. The van der Waals surface area contributed by atoms with Gasteiger partial charge in [-0.15, -0.1) is 0 Å². The Hall–Kier alpha value is -2.27. The maximum Gasteiger partial charge on any atom is 0.233 e. The summed E-state index contributed by atoms with van der Waals surface area (Å²) in [5.41, 5.74) is 3.14. The van der Waals surface area contributed by atoms with Gasteiger partial charge in [-0.2, -0.15) is 0 Å². The Bertz CT molecular complexity index is 1060. The number of sulfonamides is 1. The fraction of sp³-hybridized carbons (Fsp3) is 0.500. The lowest BCUT2D eigenvalue weighted by Gasteiger charge is -2.14. The largest absolute Gasteiger partial charge is 0.508 e. The lowest BCUT2D eigenvalue weighted by atomic mass is 10.1. The third-order valence-corrected chi connectivity index (χ3v) is 7.13. The van der Waals surface area contributed by atoms with Crippen molar-refractivity contribution in [3.05, 3.63) is 70.1 Å². The lowest BCUT2D eigenvalue weighted by molar-refractivity contribution is 0.126. The molecule has 206 valence electrons. The van der Waals surface area contributed by atoms with Crippen LogP contribution in [0.3, 0.4) is 0 Å². The van der Waals surface area contributed by atoms with E-state index in [0.29, 0.717) is 17.7 Å². The smallest absolute Gasteiger partial charge is 0.233 e. The molecule has 0 fully saturated rings. The molecule has 2 rings (SSSR count). The maximum absolute atomic E-state index is 11.5. The predicted octanol–water partition coefficient (Wildman–Crippen LogP) is 3.63. The molecule has 0 spiro atoms. The van der Waals surface area contributed by atoms with Gasteiger partial charge in [0.15, 0.2) is 0 Å². The summed E-state index contributed by atoms with van der Waals surface area (Å²) in [4.78, 5) is 0. The molecular formula is C28H42N2O6S. The number of aliphatic hydroxyl groups excluding tert-OH is 2. The summed E-state index contributed by atoms with van der Waals surface area (Å²) in [5, 5.41) is 33.5. The molecule has 37 heavy (non-hydrogen) atoms. The van der Waals surface area contributed by atoms with Crippen LogP contribution in [0.1, 0.15) is 66.9 Å². The highest BCUT2D eigenvalue weighted by Gasteiger charge is 2.10. The van der Waals surface area contributed by atoms with Gasteiger partial charge in [0, 0.05) is 30.7 Å². The van der Waals surface area contributed by atoms with E-state index in [-0.39, 0.29) is 12.4 Å². The van der Waals surface area contributed by atoms with Crippen molar-refractivity contribution in [2.24, 2.45) is 0 Å². The van der Waals surface area contributed by atoms with Gasteiger partial charge in [-0.05, 0) is 80.6 Å². The summed E-state index contributed by atoms with van der Waals surface area (Å²) in [6.07, 6.45) is 8.12. The molecule has 5 N–H and O–H groups in total. The number of aromatic hydroxyl groups is 1. The fourth-order valence-electron chi connectivity index (χ4n) is 3.83. The molecule has 0 aromatic heterocycles. The molecule has 2 aromatic carbocycles. The first-order chi connectivity index (χ1) is 17.8. The van der Waals surface area contributed by atoms with Gasteiger partial charge in [-0.25, -0.2) is 13.1 Å². The van der Waals surface area contributed by atoms with E-state index in [1.54, 1.807) is 18.2 Å². The van der Waals surface area contributed by atoms with Crippen LogP contribution in [0.5, 0.6) is 5.75 Å². The van der Waals surface area contributed by atoms with E-state index < -0.39 is 16.1 Å². The number of aryl methyl sites for hydroxylation is 1. The molecule has 2 aromatic rings. The van der Waals surface area contributed by atoms with Crippen LogP contribution in [0, 0.1) is 0 Å². The van der Waals surface area contributed by atoms with E-state index in [2.05, 4.69) is 16.1 Å². The normalized spacial score (nSPS) is 12.8. The molecule has 0 unspecified atom stereocenters. The van der Waals surface area contributed by atoms with Crippen molar-refractivity contribution >= 4 is 16.1 Å². The van der Waals surface area contributed by atoms with Crippen molar-refractivity contribution in [3.63, 3.8) is 0 Å². The molecule has 0 aliphatic heterocycles. The molecule has 0 bridgehead atoms. The van der Waals surface area contributed by atoms with Crippen LogP contribution in [-0.2, 0) is 27.8 Å². The minimum atomic E-state index is -3.36. The van der Waals surface area contributed by atoms with Crippen LogP contribution < -0.4 is 10.0 Å². The highest BCUT2D eigenvalue weighted by atomic mass is 32.2. The number of phenols is 1. The first kappa shape index (κ1) is 31.0. The second-order valence-electron chi connectivity index (χ2n) is 9.05. The van der Waals surface area contributed by atoms with Gasteiger partial charge in [0.1, 0.15) is 5.75 Å². The zero-order chi connectivity index (χ0) is 26.9. The second kappa shape index (κ2) is 17.3. The minimum Gasteiger partial charge on any atom is -0.508 e. The molecule has 0 amide bonds. The minimum absolute atomic E-state index is 0.0352. The quantitative estimate of drug-likeness (QED) is 0.174. The fourth-order valence-corrected chi connectivity index (χ4v) is 4.30. The van der Waals surface area contributed by atoms with Gasteiger partial charge in [-0.3, -0.25) is 0 Å². The van der Waals surface area contributed by atoms with Gasteiger partial charge in [0.25, 0.3) is 0 Å². The van der Waals surface area contributed by atoms with E-state index in [0.717, 1.165) is 70.3 Å². The molecule has 0 saturated heterocycles. The number of benzene rings is 2. The van der Waals surface area contributed by atoms with E-state index in [9.17, 15) is 23.7 Å². The summed E-state index contributed by atoms with van der Waals surface area (Å²) >= 11 is 0. The van der Waals surface area contributed by atoms with E-state index in [4.69, 9.17) is 4.74 Å². The average molecular weight is 535 g/mol. The Morgan fingerprint density at radius 1 is 1.00 bits per heavy atom. The second-order valence-corrected chi connectivity index (χ2v) is 10.8. The summed E-state index contributed by atoms with van der Waals surface area (Å²) < 4.78 is 31.0. The van der Waals surface area contributed by atoms with Crippen LogP contribution in [-0.4, -0.2) is 57.1 Å². The van der Waals surface area contributed by atoms with Gasteiger partial charge in [-0.1, -0.05) is 43.2 Å². The zero-order valence-electron chi connectivity index (χ0n) is 21.7. The Morgan fingerprint density at radius 2 is 1.76 bits per heavy atom. The highest BCUT2D eigenvalue weighted by Crippen LogP contribution is 2.22. The SMILES string of the molecule is CNS(=O)(=O)C=Cc1cccc(CCCCOCCCCCCNC[C@H](O)c2ccc(O)c(CO)c2)c1. The number of nitrogens with one attached hydrogen (secondary N) is 2. The summed E-state index contributed by atoms with van der Waals surface area (Å²) in [6.45, 7) is 2.50. The summed E-state index contributed by atoms with van der Waals surface area (Å²) in [5.74, 6) is 0.0352. The molecule has 0 saturated carbocycles. The molecule has 0 heterocycles.